The molecule has 0 aliphatic carbocycles. The number of hydrogen-bond acceptors (Lipinski definition) is 9. The molecule has 1 aromatic heterocycles. The molecule has 2 aliphatic heterocycles. The summed E-state index contributed by atoms with van der Waals surface area (Å²) in [6.07, 6.45) is 1.38. The number of anilines is 1. The number of nitrogen functional groups attached to an aromatic ring is 1. The number of amides is 2. The Morgan fingerprint density at radius 2 is 2.16 bits per heavy atom. The van der Waals surface area contributed by atoms with Gasteiger partial charge in [-0.3, -0.25) is 14.5 Å². The predicted octanol–water partition coefficient (Wildman–Crippen LogP) is -0.606. The van der Waals surface area contributed by atoms with Gasteiger partial charge in [-0.25, -0.2) is 14.6 Å². The summed E-state index contributed by atoms with van der Waals surface area (Å²) in [5.74, 6) is -3.68. The van der Waals surface area contributed by atoms with Crippen LogP contribution in [0.5, 0.6) is 0 Å². The van der Waals surface area contributed by atoms with Crippen molar-refractivity contribution in [3.05, 3.63) is 47.8 Å². The van der Waals surface area contributed by atoms with Crippen molar-refractivity contribution < 1.29 is 34.2 Å². The highest BCUT2D eigenvalue weighted by atomic mass is 32.2. The Labute approximate surface area is 179 Å². The molecule has 3 rings (SSSR count). The van der Waals surface area contributed by atoms with Crippen LogP contribution in [0.3, 0.4) is 0 Å². The van der Waals surface area contributed by atoms with Crippen molar-refractivity contribution in [1.82, 2.24) is 15.2 Å². The summed E-state index contributed by atoms with van der Waals surface area (Å²) in [5.41, 5.74) is 5.47. The Morgan fingerprint density at radius 3 is 2.77 bits per heavy atom. The molecule has 13 heteroatoms. The monoisotopic (exact) mass is 447 g/mol. The van der Waals surface area contributed by atoms with Crippen molar-refractivity contribution in [3.63, 3.8) is 0 Å². The van der Waals surface area contributed by atoms with Gasteiger partial charge >= 0.3 is 11.9 Å². The molecule has 0 aromatic carbocycles. The number of carbonyl (C=O) groups is 4. The third-order valence-corrected chi connectivity index (χ3v) is 5.61. The average molecular weight is 447 g/mol. The molecule has 2 atom stereocenters. The number of aromatic nitrogens is 1. The largest absolute Gasteiger partial charge is 0.479 e. The van der Waals surface area contributed by atoms with Gasteiger partial charge in [-0.05, 0) is 17.7 Å². The van der Waals surface area contributed by atoms with Gasteiger partial charge in [0.2, 0.25) is 6.61 Å². The van der Waals surface area contributed by atoms with E-state index >= 15 is 0 Å². The zero-order valence-corrected chi connectivity index (χ0v) is 16.7. The number of hydrogen-bond donors (Lipinski definition) is 4. The number of nitrogens with two attached hydrogens (primary N) is 1. The van der Waals surface area contributed by atoms with Gasteiger partial charge in [0.05, 0.1) is 0 Å². The van der Waals surface area contributed by atoms with Crippen molar-refractivity contribution in [2.75, 3.05) is 18.1 Å². The molecule has 3 heterocycles. The molecule has 1 unspecified atom stereocenters. The maximum atomic E-state index is 12.8. The summed E-state index contributed by atoms with van der Waals surface area (Å²) >= 11 is 1.27. The molecular weight excluding hydrogens is 430 g/mol. The highest BCUT2D eigenvalue weighted by molar-refractivity contribution is 8.00. The molecule has 12 nitrogen and oxygen atoms in total. The number of carboxylic acid groups (broad SMARTS) is 2. The minimum Gasteiger partial charge on any atom is -0.479 e. The summed E-state index contributed by atoms with van der Waals surface area (Å²) in [6, 6.07) is 3.36. The van der Waals surface area contributed by atoms with Crippen LogP contribution in [0, 0.1) is 0 Å². The number of oxime groups is 1. The average Bonchev–Trinajstić information content (AvgIpc) is 2.73. The number of nitrogens with zero attached hydrogens (tertiary/aromatic N) is 3. The van der Waals surface area contributed by atoms with Gasteiger partial charge in [0, 0.05) is 5.75 Å². The van der Waals surface area contributed by atoms with Crippen molar-refractivity contribution >= 4 is 47.0 Å². The topological polar surface area (TPSA) is 185 Å². The van der Waals surface area contributed by atoms with E-state index in [-0.39, 0.29) is 22.9 Å². The van der Waals surface area contributed by atoms with Crippen LogP contribution in [-0.2, 0) is 24.0 Å². The minimum absolute atomic E-state index is 0.00267. The second kappa shape index (κ2) is 8.87. The van der Waals surface area contributed by atoms with E-state index in [4.69, 9.17) is 10.8 Å². The van der Waals surface area contributed by atoms with Gasteiger partial charge in [-0.2, -0.15) is 0 Å². The first-order valence-corrected chi connectivity index (χ1v) is 9.78. The highest BCUT2D eigenvalue weighted by Gasteiger charge is 2.54. The highest BCUT2D eigenvalue weighted by Crippen LogP contribution is 2.40. The Balaban J connectivity index is 1.82. The number of fused-ring (bicyclic) bond motifs is 1. The quantitative estimate of drug-likeness (QED) is 0.228. The van der Waals surface area contributed by atoms with E-state index in [1.807, 2.05) is 0 Å². The van der Waals surface area contributed by atoms with E-state index in [9.17, 15) is 24.3 Å². The van der Waals surface area contributed by atoms with Gasteiger partial charge < -0.3 is 26.1 Å². The number of aliphatic carboxylic acids is 2. The van der Waals surface area contributed by atoms with Gasteiger partial charge in [-0.15, -0.1) is 11.8 Å². The number of nitrogens with one attached hydrogen (secondary N) is 1. The minimum atomic E-state index is -1.31. The van der Waals surface area contributed by atoms with E-state index in [1.54, 1.807) is 0 Å². The summed E-state index contributed by atoms with van der Waals surface area (Å²) in [7, 11) is 0. The molecule has 1 saturated heterocycles. The number of carboxylic acids is 2. The lowest BCUT2D eigenvalue weighted by Crippen LogP contribution is -2.71. The number of carbonyl (C=O) groups excluding carboxylic acids is 2. The number of pyridine rings is 1. The molecule has 1 fully saturated rings. The fourth-order valence-electron chi connectivity index (χ4n) is 2.95. The molecule has 0 saturated carbocycles. The lowest BCUT2D eigenvalue weighted by atomic mass is 10.0. The normalized spacial score (nSPS) is 20.5. The van der Waals surface area contributed by atoms with E-state index in [2.05, 4.69) is 26.9 Å². The second-order valence-electron chi connectivity index (χ2n) is 6.30. The van der Waals surface area contributed by atoms with Crippen LogP contribution in [0.4, 0.5) is 5.82 Å². The van der Waals surface area contributed by atoms with E-state index in [1.165, 1.54) is 36.0 Å². The lowest BCUT2D eigenvalue weighted by molar-refractivity contribution is -0.150. The molecular formula is C18H17N5O7S. The van der Waals surface area contributed by atoms with E-state index in [0.29, 0.717) is 11.3 Å². The maximum absolute atomic E-state index is 12.8. The first-order valence-electron chi connectivity index (χ1n) is 8.73. The number of rotatable bonds is 8. The molecule has 0 radical (unpaired) electrons. The summed E-state index contributed by atoms with van der Waals surface area (Å²) < 4.78 is 0. The smallest absolute Gasteiger partial charge is 0.352 e. The Hall–Kier alpha value is -3.87. The zero-order valence-electron chi connectivity index (χ0n) is 15.8. The summed E-state index contributed by atoms with van der Waals surface area (Å²) in [5, 5.41) is 23.5. The fraction of sp³-hybridized carbons (Fsp3) is 0.222. The van der Waals surface area contributed by atoms with E-state index < -0.39 is 41.8 Å². The van der Waals surface area contributed by atoms with Crippen LogP contribution in [0.25, 0.3) is 0 Å². The lowest BCUT2D eigenvalue weighted by Gasteiger charge is -2.49. The third-order valence-electron chi connectivity index (χ3n) is 4.31. The van der Waals surface area contributed by atoms with E-state index in [0.717, 1.165) is 4.90 Å². The van der Waals surface area contributed by atoms with Crippen molar-refractivity contribution in [3.8, 4) is 0 Å². The number of allylic oxidation sites excluding steroid dienone is 1. The van der Waals surface area contributed by atoms with Crippen LogP contribution in [0.1, 0.15) is 5.69 Å². The Kier molecular flexibility index (Phi) is 6.25. The van der Waals surface area contributed by atoms with Crippen LogP contribution in [0.15, 0.2) is 47.3 Å². The second-order valence-corrected chi connectivity index (χ2v) is 7.40. The maximum Gasteiger partial charge on any atom is 0.352 e. The summed E-state index contributed by atoms with van der Waals surface area (Å²) in [4.78, 5) is 57.4. The van der Waals surface area contributed by atoms with Crippen molar-refractivity contribution in [1.29, 1.82) is 0 Å². The number of β-lactam (4-membered cyclic amide) rings is 1. The Morgan fingerprint density at radius 1 is 1.42 bits per heavy atom. The predicted molar refractivity (Wildman–Crippen MR) is 109 cm³/mol. The van der Waals surface area contributed by atoms with Crippen molar-refractivity contribution in [2.24, 2.45) is 5.16 Å². The zero-order chi connectivity index (χ0) is 22.7. The first kappa shape index (κ1) is 21.8. The number of thioether (sulfide) groups is 1. The molecule has 162 valence electrons. The Bertz CT molecular complexity index is 1040. The molecule has 1 aromatic rings. The molecule has 2 aliphatic rings. The van der Waals surface area contributed by atoms with Gasteiger partial charge in [0.1, 0.15) is 28.6 Å². The molecule has 0 spiro atoms. The molecule has 31 heavy (non-hydrogen) atoms. The van der Waals surface area contributed by atoms with Crippen LogP contribution >= 0.6 is 11.8 Å². The first-order chi connectivity index (χ1) is 14.7. The molecule has 2 amide bonds. The molecule has 0 bridgehead atoms. The fourth-order valence-corrected chi connectivity index (χ4v) is 4.29. The van der Waals surface area contributed by atoms with Gasteiger partial charge in [-0.1, -0.05) is 23.9 Å². The van der Waals surface area contributed by atoms with Gasteiger partial charge in [0.25, 0.3) is 11.8 Å². The SMILES string of the molecule is C=CC1=C(C(=O)O)N2C(=O)C(NC(=O)C(=NOCC(=O)O)c3cccc(N)n3)[C@H]2SC1. The third kappa shape index (κ3) is 4.35. The summed E-state index contributed by atoms with van der Waals surface area (Å²) in [6.45, 7) is 2.77. The van der Waals surface area contributed by atoms with Crippen molar-refractivity contribution in [2.45, 2.75) is 11.4 Å². The van der Waals surface area contributed by atoms with Crippen LogP contribution < -0.4 is 11.1 Å². The standard InChI is InChI=1S/C18H17N5O7S/c1-2-8-7-31-17-13(16(27)23(17)14(8)18(28)29)21-15(26)12(22-30-6-11(24)25)9-4-3-5-10(19)20-9/h2-5,13,17H,1,6-7H2,(H2,19,20)(H,21,26)(H,24,25)(H,28,29)/t13?,17-/m1/s1. The van der Waals surface area contributed by atoms with Gasteiger partial charge in [0.15, 0.2) is 5.71 Å². The molecule has 5 N–H and O–H groups in total. The van der Waals surface area contributed by atoms with Crippen LogP contribution in [0.2, 0.25) is 0 Å². The van der Waals surface area contributed by atoms with Crippen LogP contribution in [-0.4, -0.2) is 73.3 Å².